The van der Waals surface area contributed by atoms with E-state index in [0.29, 0.717) is 43.2 Å². The number of nitriles is 1. The number of nitrogens with zero attached hydrogens (tertiary/aromatic N) is 2. The summed E-state index contributed by atoms with van der Waals surface area (Å²) in [4.78, 5) is 26.9. The first-order valence-electron chi connectivity index (χ1n) is 9.18. The zero-order valence-corrected chi connectivity index (χ0v) is 15.9. The van der Waals surface area contributed by atoms with E-state index < -0.39 is 17.7 Å². The lowest BCUT2D eigenvalue weighted by Crippen LogP contribution is -2.37. The van der Waals surface area contributed by atoms with Gasteiger partial charge >= 0.3 is 5.97 Å². The fourth-order valence-corrected chi connectivity index (χ4v) is 3.03. The lowest BCUT2D eigenvalue weighted by molar-refractivity contribution is 0.0526. The van der Waals surface area contributed by atoms with E-state index >= 15 is 0 Å². The molecule has 1 heterocycles. The molecule has 0 aromatic heterocycles. The summed E-state index contributed by atoms with van der Waals surface area (Å²) >= 11 is 0. The predicted octanol–water partition coefficient (Wildman–Crippen LogP) is 2.96. The van der Waals surface area contributed by atoms with Gasteiger partial charge in [-0.15, -0.1) is 0 Å². The number of esters is 1. The summed E-state index contributed by atoms with van der Waals surface area (Å²) < 4.78 is 24.6. The fraction of sp³-hybridized carbons (Fsp3) is 0.286. The number of benzene rings is 2. The van der Waals surface area contributed by atoms with Crippen LogP contribution in [0.4, 0.5) is 15.8 Å². The van der Waals surface area contributed by atoms with Gasteiger partial charge in [-0.1, -0.05) is 0 Å². The van der Waals surface area contributed by atoms with Crippen molar-refractivity contribution in [3.8, 4) is 6.07 Å². The maximum Gasteiger partial charge on any atom is 0.340 e. The van der Waals surface area contributed by atoms with Gasteiger partial charge in [0.1, 0.15) is 5.82 Å². The van der Waals surface area contributed by atoms with Gasteiger partial charge in [-0.05, 0) is 43.3 Å². The number of morpholine rings is 1. The lowest BCUT2D eigenvalue weighted by Gasteiger charge is -2.30. The van der Waals surface area contributed by atoms with Gasteiger partial charge in [0.05, 0.1) is 48.3 Å². The standard InChI is InChI=1S/C21H20FN3O4/c1-2-29-21(27)17-12-15(4-6-19(17)25-7-9-28-10-8-25)24-20(26)16-5-3-14(13-23)11-18(16)22/h3-6,11-12H,2,7-10H2,1H3,(H,24,26). The Kier molecular flexibility index (Phi) is 6.42. The molecule has 0 atom stereocenters. The van der Waals surface area contributed by atoms with E-state index in [9.17, 15) is 14.0 Å². The second kappa shape index (κ2) is 9.17. The van der Waals surface area contributed by atoms with E-state index in [1.165, 1.54) is 18.2 Å². The van der Waals surface area contributed by atoms with Crippen molar-refractivity contribution in [1.82, 2.24) is 0 Å². The molecule has 3 rings (SSSR count). The number of halogens is 1. The van der Waals surface area contributed by atoms with Gasteiger partial charge in [-0.3, -0.25) is 4.79 Å². The summed E-state index contributed by atoms with van der Waals surface area (Å²) in [5, 5.41) is 11.4. The van der Waals surface area contributed by atoms with Gasteiger partial charge in [0.15, 0.2) is 0 Å². The Morgan fingerprint density at radius 2 is 1.97 bits per heavy atom. The monoisotopic (exact) mass is 397 g/mol. The fourth-order valence-electron chi connectivity index (χ4n) is 3.03. The lowest BCUT2D eigenvalue weighted by atomic mass is 10.1. The summed E-state index contributed by atoms with van der Waals surface area (Å²) in [7, 11) is 0. The van der Waals surface area contributed by atoms with Gasteiger partial charge in [0.2, 0.25) is 0 Å². The minimum atomic E-state index is -0.794. The van der Waals surface area contributed by atoms with Crippen LogP contribution in [0.5, 0.6) is 0 Å². The number of nitrogens with one attached hydrogen (secondary N) is 1. The van der Waals surface area contributed by atoms with E-state index in [1.807, 2.05) is 11.0 Å². The van der Waals surface area contributed by atoms with Crippen molar-refractivity contribution in [3.05, 3.63) is 58.9 Å². The molecule has 0 spiro atoms. The average molecular weight is 397 g/mol. The van der Waals surface area contributed by atoms with E-state index in [1.54, 1.807) is 19.1 Å². The zero-order chi connectivity index (χ0) is 20.8. The van der Waals surface area contributed by atoms with Crippen LogP contribution in [0.3, 0.4) is 0 Å². The molecule has 1 N–H and O–H groups in total. The number of amides is 1. The van der Waals surface area contributed by atoms with Crippen molar-refractivity contribution in [1.29, 1.82) is 5.26 Å². The Bertz CT molecular complexity index is 965. The van der Waals surface area contributed by atoms with Gasteiger partial charge in [0, 0.05) is 18.8 Å². The van der Waals surface area contributed by atoms with Crippen LogP contribution in [-0.4, -0.2) is 44.8 Å². The number of hydrogen-bond donors (Lipinski definition) is 1. The van der Waals surface area contributed by atoms with Crippen LogP contribution in [0.15, 0.2) is 36.4 Å². The maximum absolute atomic E-state index is 14.1. The molecule has 2 aromatic rings. The summed E-state index contributed by atoms with van der Waals surface area (Å²) in [6.07, 6.45) is 0. The Morgan fingerprint density at radius 1 is 1.21 bits per heavy atom. The smallest absolute Gasteiger partial charge is 0.340 e. The highest BCUT2D eigenvalue weighted by Crippen LogP contribution is 2.27. The van der Waals surface area contributed by atoms with E-state index in [4.69, 9.17) is 14.7 Å². The minimum Gasteiger partial charge on any atom is -0.462 e. The normalized spacial score (nSPS) is 13.5. The van der Waals surface area contributed by atoms with Crippen molar-refractivity contribution in [2.24, 2.45) is 0 Å². The molecule has 0 radical (unpaired) electrons. The molecule has 0 bridgehead atoms. The van der Waals surface area contributed by atoms with E-state index in [0.717, 1.165) is 6.07 Å². The summed E-state index contributed by atoms with van der Waals surface area (Å²) in [6.45, 7) is 4.31. The predicted molar refractivity (Wildman–Crippen MR) is 104 cm³/mol. The molecule has 0 saturated carbocycles. The first kappa shape index (κ1) is 20.3. The number of carbonyl (C=O) groups excluding carboxylic acids is 2. The first-order chi connectivity index (χ1) is 14.0. The Balaban J connectivity index is 1.87. The van der Waals surface area contributed by atoms with Crippen LogP contribution in [-0.2, 0) is 9.47 Å². The summed E-state index contributed by atoms with van der Waals surface area (Å²) in [6, 6.07) is 10.3. The van der Waals surface area contributed by atoms with Gasteiger partial charge < -0.3 is 19.7 Å². The second-order valence-electron chi connectivity index (χ2n) is 6.31. The third-order valence-corrected chi connectivity index (χ3v) is 4.44. The molecule has 2 aromatic carbocycles. The Morgan fingerprint density at radius 3 is 2.62 bits per heavy atom. The van der Waals surface area contributed by atoms with E-state index in [-0.39, 0.29) is 17.7 Å². The highest BCUT2D eigenvalue weighted by atomic mass is 19.1. The molecule has 1 fully saturated rings. The van der Waals surface area contributed by atoms with Crippen molar-refractivity contribution in [2.45, 2.75) is 6.92 Å². The van der Waals surface area contributed by atoms with Crippen LogP contribution >= 0.6 is 0 Å². The topological polar surface area (TPSA) is 91.7 Å². The Hall–Kier alpha value is -3.44. The largest absolute Gasteiger partial charge is 0.462 e. The van der Waals surface area contributed by atoms with Crippen molar-refractivity contribution < 1.29 is 23.5 Å². The van der Waals surface area contributed by atoms with Crippen molar-refractivity contribution >= 4 is 23.3 Å². The van der Waals surface area contributed by atoms with Crippen LogP contribution < -0.4 is 10.2 Å². The van der Waals surface area contributed by atoms with Crippen LogP contribution in [0.1, 0.15) is 33.2 Å². The van der Waals surface area contributed by atoms with Crippen LogP contribution in [0, 0.1) is 17.1 Å². The molecule has 1 aliphatic heterocycles. The molecule has 7 nitrogen and oxygen atoms in total. The quantitative estimate of drug-likeness (QED) is 0.780. The highest BCUT2D eigenvalue weighted by molar-refractivity contribution is 6.06. The van der Waals surface area contributed by atoms with Gasteiger partial charge in [-0.2, -0.15) is 5.26 Å². The molecule has 1 aliphatic rings. The Labute approximate surface area is 167 Å². The maximum atomic E-state index is 14.1. The first-order valence-corrected chi connectivity index (χ1v) is 9.18. The number of carbonyl (C=O) groups is 2. The molecular formula is C21H20FN3O4. The molecule has 29 heavy (non-hydrogen) atoms. The molecule has 0 aliphatic carbocycles. The second-order valence-corrected chi connectivity index (χ2v) is 6.31. The van der Waals surface area contributed by atoms with Gasteiger partial charge in [-0.25, -0.2) is 9.18 Å². The molecule has 1 saturated heterocycles. The SMILES string of the molecule is CCOC(=O)c1cc(NC(=O)c2ccc(C#N)cc2F)ccc1N1CCOCC1. The van der Waals surface area contributed by atoms with Crippen molar-refractivity contribution in [3.63, 3.8) is 0 Å². The molecule has 1 amide bonds. The third kappa shape index (κ3) is 4.70. The number of ether oxygens (including phenoxy) is 2. The molecular weight excluding hydrogens is 377 g/mol. The molecule has 0 unspecified atom stereocenters. The zero-order valence-electron chi connectivity index (χ0n) is 15.9. The molecule has 8 heteroatoms. The molecule has 150 valence electrons. The van der Waals surface area contributed by atoms with E-state index in [2.05, 4.69) is 5.32 Å². The number of rotatable bonds is 5. The van der Waals surface area contributed by atoms with Crippen molar-refractivity contribution in [2.75, 3.05) is 43.1 Å². The minimum absolute atomic E-state index is 0.124. The third-order valence-electron chi connectivity index (χ3n) is 4.44. The highest BCUT2D eigenvalue weighted by Gasteiger charge is 2.21. The van der Waals surface area contributed by atoms with Crippen LogP contribution in [0.2, 0.25) is 0 Å². The summed E-state index contributed by atoms with van der Waals surface area (Å²) in [5.74, 6) is -1.98. The summed E-state index contributed by atoms with van der Waals surface area (Å²) in [5.41, 5.74) is 1.26. The number of hydrogen-bond acceptors (Lipinski definition) is 6. The van der Waals surface area contributed by atoms with Gasteiger partial charge in [0.25, 0.3) is 5.91 Å². The average Bonchev–Trinajstić information content (AvgIpc) is 2.74. The number of anilines is 2. The van der Waals surface area contributed by atoms with Crippen LogP contribution in [0.25, 0.3) is 0 Å².